The molecule has 0 amide bonds. The van der Waals surface area contributed by atoms with Crippen molar-refractivity contribution in [2.45, 2.75) is 0 Å². The van der Waals surface area contributed by atoms with Gasteiger partial charge in [0.15, 0.2) is 0 Å². The second-order valence-corrected chi connectivity index (χ2v) is 2.17. The molecule has 2 N–H and O–H groups in total. The molecule has 80 valence electrons. The molecule has 8 heteroatoms. The van der Waals surface area contributed by atoms with E-state index in [2.05, 4.69) is 0 Å². The number of rotatable bonds is 5. The maximum atomic E-state index is 10.5. The predicted octanol–water partition coefficient (Wildman–Crippen LogP) is -0.558. The van der Waals surface area contributed by atoms with Crippen molar-refractivity contribution in [2.24, 2.45) is 0 Å². The van der Waals surface area contributed by atoms with Crippen molar-refractivity contribution < 1.29 is 29.5 Å². The first kappa shape index (κ1) is 12.5. The lowest BCUT2D eigenvalue weighted by Crippen LogP contribution is -2.11. The van der Waals surface area contributed by atoms with Gasteiger partial charge in [0.25, 0.3) is 11.5 Å². The smallest absolute Gasteiger partial charge is 0.376 e. The highest BCUT2D eigenvalue weighted by molar-refractivity contribution is 6.37. The molecule has 0 spiro atoms. The van der Waals surface area contributed by atoms with E-state index in [0.717, 1.165) is 0 Å². The number of carboxylic acids is 2. The molecule has 0 aromatic heterocycles. The zero-order valence-corrected chi connectivity index (χ0v) is 7.11. The van der Waals surface area contributed by atoms with Gasteiger partial charge in [-0.05, 0) is 0 Å². The normalized spacial score (nSPS) is 11.3. The van der Waals surface area contributed by atoms with Crippen LogP contribution in [-0.2, 0) is 14.4 Å². The maximum Gasteiger partial charge on any atom is 0.376 e. The van der Waals surface area contributed by atoms with Gasteiger partial charge in [0.1, 0.15) is 0 Å². The van der Waals surface area contributed by atoms with E-state index < -0.39 is 28.3 Å². The molecule has 0 radical (unpaired) electrons. The summed E-state index contributed by atoms with van der Waals surface area (Å²) in [5, 5.41) is 26.5. The van der Waals surface area contributed by atoms with E-state index in [9.17, 15) is 24.5 Å². The summed E-state index contributed by atoms with van der Waals surface area (Å²) in [6, 6.07) is 0. The maximum absolute atomic E-state index is 10.5. The van der Waals surface area contributed by atoms with E-state index in [0.29, 0.717) is 12.2 Å². The number of allylic oxidation sites excluding steroid dienone is 1. The Kier molecular flexibility index (Phi) is 4.39. The molecule has 15 heavy (non-hydrogen) atoms. The van der Waals surface area contributed by atoms with Crippen LogP contribution < -0.4 is 0 Å². The van der Waals surface area contributed by atoms with E-state index in [4.69, 9.17) is 10.2 Å². The highest BCUT2D eigenvalue weighted by atomic mass is 16.6. The molecular weight excluding hydrogens is 210 g/mol. The summed E-state index contributed by atoms with van der Waals surface area (Å²) in [6.45, 7) is 0. The quantitative estimate of drug-likeness (QED) is 0.206. The Morgan fingerprint density at radius 2 is 1.67 bits per heavy atom. The summed E-state index contributed by atoms with van der Waals surface area (Å²) in [5.41, 5.74) is -0.912. The van der Waals surface area contributed by atoms with E-state index in [-0.39, 0.29) is 6.08 Å². The summed E-state index contributed by atoms with van der Waals surface area (Å²) < 4.78 is 0. The van der Waals surface area contributed by atoms with E-state index in [1.54, 1.807) is 0 Å². The molecule has 0 saturated heterocycles. The molecule has 0 heterocycles. The fraction of sp³-hybridized carbons (Fsp3) is 0. The monoisotopic (exact) mass is 215 g/mol. The molecule has 0 aromatic rings. The van der Waals surface area contributed by atoms with Crippen molar-refractivity contribution in [1.29, 1.82) is 0 Å². The molecule has 8 nitrogen and oxygen atoms in total. The summed E-state index contributed by atoms with van der Waals surface area (Å²) >= 11 is 0. The molecule has 0 unspecified atom stereocenters. The Morgan fingerprint density at radius 1 is 1.13 bits per heavy atom. The van der Waals surface area contributed by atoms with Gasteiger partial charge >= 0.3 is 11.9 Å². The van der Waals surface area contributed by atoms with Crippen LogP contribution in [0.5, 0.6) is 0 Å². The third kappa shape index (κ3) is 4.93. The lowest BCUT2D eigenvalue weighted by atomic mass is 10.3. The first-order valence-electron chi connectivity index (χ1n) is 3.39. The zero-order chi connectivity index (χ0) is 12.0. The van der Waals surface area contributed by atoms with Crippen molar-refractivity contribution in [3.63, 3.8) is 0 Å². The van der Waals surface area contributed by atoms with Crippen LogP contribution in [0.2, 0.25) is 0 Å². The van der Waals surface area contributed by atoms with Crippen LogP contribution in [0.15, 0.2) is 23.9 Å². The van der Waals surface area contributed by atoms with Crippen LogP contribution in [0.4, 0.5) is 0 Å². The van der Waals surface area contributed by atoms with Gasteiger partial charge in [0, 0.05) is 12.2 Å². The molecule has 0 aromatic carbocycles. The fourth-order valence-electron chi connectivity index (χ4n) is 0.514. The SMILES string of the molecule is O=C(O)/C=C/C(=C/C(=O)C(=O)O)[N+](=O)[O-]. The van der Waals surface area contributed by atoms with Crippen LogP contribution in [0.25, 0.3) is 0 Å². The predicted molar refractivity (Wildman–Crippen MR) is 44.5 cm³/mol. The van der Waals surface area contributed by atoms with E-state index in [1.165, 1.54) is 0 Å². The van der Waals surface area contributed by atoms with Gasteiger partial charge in [-0.3, -0.25) is 14.9 Å². The van der Waals surface area contributed by atoms with Crippen molar-refractivity contribution in [3.05, 3.63) is 34.0 Å². The average molecular weight is 215 g/mol. The fourth-order valence-corrected chi connectivity index (χ4v) is 0.514. The molecule has 0 bridgehead atoms. The molecule has 0 aliphatic rings. The standard InChI is InChI=1S/C7H5NO7/c9-5(7(12)13)3-4(8(14)15)1-2-6(10)11/h1-3H,(H,10,11)(H,12,13)/b2-1+,4-3-. The summed E-state index contributed by atoms with van der Waals surface area (Å²) in [4.78, 5) is 39.7. The molecular formula is C7H5NO7. The lowest BCUT2D eigenvalue weighted by Gasteiger charge is -1.89. The van der Waals surface area contributed by atoms with Gasteiger partial charge in [-0.15, -0.1) is 0 Å². The van der Waals surface area contributed by atoms with Crippen LogP contribution in [-0.4, -0.2) is 32.9 Å². The van der Waals surface area contributed by atoms with Crippen molar-refractivity contribution >= 4 is 17.7 Å². The first-order chi connectivity index (χ1) is 6.84. The first-order valence-corrected chi connectivity index (χ1v) is 3.39. The van der Waals surface area contributed by atoms with E-state index in [1.807, 2.05) is 0 Å². The minimum atomic E-state index is -1.86. The molecule has 0 aliphatic carbocycles. The number of hydrogen-bond acceptors (Lipinski definition) is 5. The number of carbonyl (C=O) groups excluding carboxylic acids is 1. The molecule has 0 saturated carbocycles. The van der Waals surface area contributed by atoms with Gasteiger partial charge < -0.3 is 10.2 Å². The summed E-state index contributed by atoms with van der Waals surface area (Å²) in [5.74, 6) is -4.82. The van der Waals surface area contributed by atoms with Gasteiger partial charge in [0.2, 0.25) is 0 Å². The number of ketones is 1. The minimum Gasteiger partial charge on any atom is -0.478 e. The van der Waals surface area contributed by atoms with Gasteiger partial charge in [-0.1, -0.05) is 0 Å². The third-order valence-electron chi connectivity index (χ3n) is 1.10. The number of nitro groups is 1. The Hall–Kier alpha value is -2.51. The van der Waals surface area contributed by atoms with Crippen molar-refractivity contribution in [1.82, 2.24) is 0 Å². The molecule has 0 rings (SSSR count). The lowest BCUT2D eigenvalue weighted by molar-refractivity contribution is -0.418. The Labute approximate surface area is 82.3 Å². The topological polar surface area (TPSA) is 135 Å². The number of aliphatic carboxylic acids is 2. The molecule has 0 aliphatic heterocycles. The van der Waals surface area contributed by atoms with E-state index >= 15 is 0 Å². The number of carbonyl (C=O) groups is 3. The number of carboxylic acid groups (broad SMARTS) is 2. The third-order valence-corrected chi connectivity index (χ3v) is 1.10. The number of hydrogen-bond donors (Lipinski definition) is 2. The van der Waals surface area contributed by atoms with Gasteiger partial charge in [0.05, 0.1) is 11.0 Å². The van der Waals surface area contributed by atoms with Gasteiger partial charge in [-0.2, -0.15) is 0 Å². The summed E-state index contributed by atoms with van der Waals surface area (Å²) in [7, 11) is 0. The Bertz CT molecular complexity index is 379. The largest absolute Gasteiger partial charge is 0.478 e. The zero-order valence-electron chi connectivity index (χ0n) is 7.11. The van der Waals surface area contributed by atoms with Crippen LogP contribution in [0.1, 0.15) is 0 Å². The Morgan fingerprint density at radius 3 is 2.00 bits per heavy atom. The van der Waals surface area contributed by atoms with Crippen molar-refractivity contribution in [2.75, 3.05) is 0 Å². The Balaban J connectivity index is 4.98. The van der Waals surface area contributed by atoms with Gasteiger partial charge in [-0.25, -0.2) is 9.59 Å². The minimum absolute atomic E-state index is 0.224. The highest BCUT2D eigenvalue weighted by Gasteiger charge is 2.15. The molecule has 0 atom stereocenters. The second kappa shape index (κ2) is 5.27. The van der Waals surface area contributed by atoms with Crippen LogP contribution >= 0.6 is 0 Å². The average Bonchev–Trinajstić information content (AvgIpc) is 2.10. The van der Waals surface area contributed by atoms with Crippen LogP contribution in [0.3, 0.4) is 0 Å². The number of nitrogens with zero attached hydrogens (tertiary/aromatic N) is 1. The van der Waals surface area contributed by atoms with Crippen molar-refractivity contribution in [3.8, 4) is 0 Å². The highest BCUT2D eigenvalue weighted by Crippen LogP contribution is 1.98. The summed E-state index contributed by atoms with van der Waals surface area (Å²) in [6.07, 6.45) is 1.16. The van der Waals surface area contributed by atoms with Crippen LogP contribution in [0, 0.1) is 10.1 Å². The second-order valence-electron chi connectivity index (χ2n) is 2.17. The molecule has 0 fully saturated rings.